The van der Waals surface area contributed by atoms with Crippen molar-refractivity contribution in [3.8, 4) is 0 Å². The van der Waals surface area contributed by atoms with Crippen molar-refractivity contribution in [3.05, 3.63) is 0 Å². The molecule has 0 aromatic carbocycles. The molecule has 0 aromatic rings. The Labute approximate surface area is 103 Å². The minimum atomic E-state index is -0.859. The maximum atomic E-state index is 12.3. The number of amides is 1. The van der Waals surface area contributed by atoms with Crippen LogP contribution < -0.4 is 0 Å². The Morgan fingerprint density at radius 1 is 1.35 bits per heavy atom. The van der Waals surface area contributed by atoms with E-state index >= 15 is 0 Å². The molecular weight excluding hydrogens is 218 g/mol. The second-order valence-corrected chi connectivity index (χ2v) is 6.55. The van der Waals surface area contributed by atoms with Crippen molar-refractivity contribution in [1.82, 2.24) is 4.90 Å². The van der Waals surface area contributed by atoms with Crippen molar-refractivity contribution < 1.29 is 14.7 Å². The topological polar surface area (TPSA) is 57.6 Å². The second kappa shape index (κ2) is 4.31. The maximum Gasteiger partial charge on any atom is 0.305 e. The molecule has 1 aliphatic rings. The number of hydrogen-bond acceptors (Lipinski definition) is 2. The number of aliphatic carboxylic acids is 1. The van der Waals surface area contributed by atoms with E-state index in [9.17, 15) is 9.59 Å². The Kier molecular flexibility index (Phi) is 3.55. The Morgan fingerprint density at radius 2 is 1.82 bits per heavy atom. The summed E-state index contributed by atoms with van der Waals surface area (Å²) in [6.07, 6.45) is 0.918. The predicted molar refractivity (Wildman–Crippen MR) is 65.6 cm³/mol. The van der Waals surface area contributed by atoms with Gasteiger partial charge in [-0.3, -0.25) is 9.59 Å². The van der Waals surface area contributed by atoms with Crippen LogP contribution in [0.2, 0.25) is 0 Å². The molecule has 0 aliphatic heterocycles. The lowest BCUT2D eigenvalue weighted by atomic mass is 10.0. The minimum absolute atomic E-state index is 0.0101. The normalized spacial score (nSPS) is 22.1. The van der Waals surface area contributed by atoms with Crippen molar-refractivity contribution in [2.24, 2.45) is 11.3 Å². The smallest absolute Gasteiger partial charge is 0.305 e. The summed E-state index contributed by atoms with van der Waals surface area (Å²) in [6, 6.07) is 0. The fraction of sp³-hybridized carbons (Fsp3) is 0.846. The van der Waals surface area contributed by atoms with Gasteiger partial charge in [-0.05, 0) is 32.6 Å². The molecule has 17 heavy (non-hydrogen) atoms. The van der Waals surface area contributed by atoms with Crippen LogP contribution in [0.5, 0.6) is 0 Å². The van der Waals surface area contributed by atoms with Gasteiger partial charge in [0.25, 0.3) is 0 Å². The van der Waals surface area contributed by atoms with Gasteiger partial charge in [0.1, 0.15) is 0 Å². The highest BCUT2D eigenvalue weighted by atomic mass is 16.4. The highest BCUT2D eigenvalue weighted by Crippen LogP contribution is 2.52. The molecule has 0 bridgehead atoms. The molecule has 0 spiro atoms. The van der Waals surface area contributed by atoms with Gasteiger partial charge in [-0.1, -0.05) is 13.8 Å². The van der Waals surface area contributed by atoms with Gasteiger partial charge in [-0.2, -0.15) is 0 Å². The summed E-state index contributed by atoms with van der Waals surface area (Å²) in [7, 11) is 0. The van der Waals surface area contributed by atoms with E-state index < -0.39 is 5.97 Å². The lowest BCUT2D eigenvalue weighted by Crippen LogP contribution is -2.47. The van der Waals surface area contributed by atoms with Crippen LogP contribution in [-0.4, -0.2) is 34.0 Å². The highest BCUT2D eigenvalue weighted by Gasteiger charge is 2.52. The van der Waals surface area contributed by atoms with Crippen LogP contribution in [0.15, 0.2) is 0 Å². The first-order chi connectivity index (χ1) is 7.55. The first-order valence-corrected chi connectivity index (χ1v) is 6.09. The summed E-state index contributed by atoms with van der Waals surface area (Å²) >= 11 is 0. The molecule has 0 heterocycles. The van der Waals surface area contributed by atoms with E-state index in [2.05, 4.69) is 13.8 Å². The van der Waals surface area contributed by atoms with E-state index in [1.54, 1.807) is 4.90 Å². The summed E-state index contributed by atoms with van der Waals surface area (Å²) in [6.45, 7) is 10.3. The molecule has 1 amide bonds. The third kappa shape index (κ3) is 3.45. The van der Waals surface area contributed by atoms with Crippen LogP contribution in [0.3, 0.4) is 0 Å². The third-order valence-corrected chi connectivity index (χ3v) is 3.44. The summed E-state index contributed by atoms with van der Waals surface area (Å²) < 4.78 is 0. The van der Waals surface area contributed by atoms with Crippen LogP contribution in [0.1, 0.15) is 47.5 Å². The molecule has 1 rings (SSSR count). The zero-order valence-corrected chi connectivity index (χ0v) is 11.4. The molecule has 1 unspecified atom stereocenters. The summed E-state index contributed by atoms with van der Waals surface area (Å²) in [4.78, 5) is 24.7. The Bertz CT molecular complexity index is 328. The fourth-order valence-corrected chi connectivity index (χ4v) is 2.06. The SMILES string of the molecule is CC1(C)CC1C(=O)N(CCC(=O)O)C(C)(C)C. The molecule has 98 valence electrons. The molecule has 0 aromatic heterocycles. The summed E-state index contributed by atoms with van der Waals surface area (Å²) in [5.41, 5.74) is -0.227. The zero-order chi connectivity index (χ0) is 13.4. The van der Waals surface area contributed by atoms with Crippen molar-refractivity contribution in [2.75, 3.05) is 6.54 Å². The molecule has 1 fully saturated rings. The van der Waals surface area contributed by atoms with Crippen molar-refractivity contribution in [1.29, 1.82) is 0 Å². The zero-order valence-electron chi connectivity index (χ0n) is 11.4. The number of hydrogen-bond donors (Lipinski definition) is 1. The lowest BCUT2D eigenvalue weighted by Gasteiger charge is -2.36. The lowest BCUT2D eigenvalue weighted by molar-refractivity contribution is -0.141. The number of nitrogens with zero attached hydrogens (tertiary/aromatic N) is 1. The van der Waals surface area contributed by atoms with Gasteiger partial charge < -0.3 is 10.0 Å². The molecule has 0 saturated heterocycles. The van der Waals surface area contributed by atoms with Crippen LogP contribution in [0.4, 0.5) is 0 Å². The van der Waals surface area contributed by atoms with E-state index in [1.807, 2.05) is 20.8 Å². The molecule has 4 heteroatoms. The fourth-order valence-electron chi connectivity index (χ4n) is 2.06. The van der Waals surface area contributed by atoms with Crippen molar-refractivity contribution in [3.63, 3.8) is 0 Å². The number of carboxylic acid groups (broad SMARTS) is 1. The van der Waals surface area contributed by atoms with Crippen molar-refractivity contribution in [2.45, 2.75) is 53.0 Å². The number of carbonyl (C=O) groups excluding carboxylic acids is 1. The van der Waals surface area contributed by atoms with Gasteiger partial charge in [0.05, 0.1) is 6.42 Å². The molecule has 1 N–H and O–H groups in total. The van der Waals surface area contributed by atoms with E-state index in [-0.39, 0.29) is 29.2 Å². The highest BCUT2D eigenvalue weighted by molar-refractivity contribution is 5.83. The Morgan fingerprint density at radius 3 is 2.12 bits per heavy atom. The summed E-state index contributed by atoms with van der Waals surface area (Å²) in [5, 5.41) is 8.73. The average molecular weight is 241 g/mol. The minimum Gasteiger partial charge on any atom is -0.481 e. The first-order valence-electron chi connectivity index (χ1n) is 6.09. The first kappa shape index (κ1) is 14.0. The third-order valence-electron chi connectivity index (χ3n) is 3.44. The molecule has 1 aliphatic carbocycles. The van der Waals surface area contributed by atoms with Crippen molar-refractivity contribution >= 4 is 11.9 Å². The molecule has 1 atom stereocenters. The van der Waals surface area contributed by atoms with E-state index in [0.717, 1.165) is 6.42 Å². The van der Waals surface area contributed by atoms with Crippen LogP contribution in [0, 0.1) is 11.3 Å². The maximum absolute atomic E-state index is 12.3. The van der Waals surface area contributed by atoms with E-state index in [1.165, 1.54) is 0 Å². The molecule has 4 nitrogen and oxygen atoms in total. The van der Waals surface area contributed by atoms with E-state index in [4.69, 9.17) is 5.11 Å². The largest absolute Gasteiger partial charge is 0.481 e. The number of carboxylic acids is 1. The standard InChI is InChI=1S/C13H23NO3/c1-12(2,3)14(7-6-10(15)16)11(17)9-8-13(9,4)5/h9H,6-8H2,1-5H3,(H,15,16). The van der Waals surface area contributed by atoms with Gasteiger partial charge in [0, 0.05) is 18.0 Å². The monoisotopic (exact) mass is 241 g/mol. The molecule has 0 radical (unpaired) electrons. The van der Waals surface area contributed by atoms with E-state index in [0.29, 0.717) is 6.54 Å². The van der Waals surface area contributed by atoms with Gasteiger partial charge in [-0.15, -0.1) is 0 Å². The summed E-state index contributed by atoms with van der Waals surface area (Å²) in [5.74, 6) is -0.693. The average Bonchev–Trinajstić information content (AvgIpc) is 2.72. The van der Waals surface area contributed by atoms with Crippen LogP contribution in [-0.2, 0) is 9.59 Å². The number of carbonyl (C=O) groups is 2. The molecular formula is C13H23NO3. The Balaban J connectivity index is 2.71. The Hall–Kier alpha value is -1.06. The predicted octanol–water partition coefficient (Wildman–Crippen LogP) is 2.13. The number of rotatable bonds is 4. The van der Waals surface area contributed by atoms with Gasteiger partial charge in [0.2, 0.25) is 5.91 Å². The molecule has 1 saturated carbocycles. The van der Waals surface area contributed by atoms with Gasteiger partial charge in [0.15, 0.2) is 0 Å². The van der Waals surface area contributed by atoms with Crippen LogP contribution in [0.25, 0.3) is 0 Å². The van der Waals surface area contributed by atoms with Gasteiger partial charge in [-0.25, -0.2) is 0 Å². The van der Waals surface area contributed by atoms with Crippen LogP contribution >= 0.6 is 0 Å². The second-order valence-electron chi connectivity index (χ2n) is 6.55. The quantitative estimate of drug-likeness (QED) is 0.820. The van der Waals surface area contributed by atoms with Gasteiger partial charge >= 0.3 is 5.97 Å².